The summed E-state index contributed by atoms with van der Waals surface area (Å²) in [6.45, 7) is 3.57. The highest BCUT2D eigenvalue weighted by atomic mass is 16.2. The van der Waals surface area contributed by atoms with Gasteiger partial charge in [0.25, 0.3) is 0 Å². The van der Waals surface area contributed by atoms with E-state index in [0.29, 0.717) is 24.4 Å². The van der Waals surface area contributed by atoms with E-state index in [1.807, 2.05) is 17.2 Å². The molecule has 146 valence electrons. The minimum absolute atomic E-state index is 0.0574. The monoisotopic (exact) mass is 378 g/mol. The summed E-state index contributed by atoms with van der Waals surface area (Å²) in [4.78, 5) is 14.6. The third-order valence-corrected chi connectivity index (χ3v) is 6.49. The van der Waals surface area contributed by atoms with Crippen molar-refractivity contribution in [1.82, 2.24) is 31.3 Å². The summed E-state index contributed by atoms with van der Waals surface area (Å²) in [5.74, 6) is 0.948. The molecule has 1 aliphatic carbocycles. The van der Waals surface area contributed by atoms with E-state index in [-0.39, 0.29) is 18.1 Å². The number of amides is 2. The summed E-state index contributed by atoms with van der Waals surface area (Å²) < 4.78 is 0. The van der Waals surface area contributed by atoms with Gasteiger partial charge in [0.2, 0.25) is 0 Å². The Bertz CT molecular complexity index is 859. The van der Waals surface area contributed by atoms with Crippen LogP contribution in [-0.2, 0) is 6.54 Å². The van der Waals surface area contributed by atoms with Crippen molar-refractivity contribution in [2.75, 3.05) is 6.54 Å². The van der Waals surface area contributed by atoms with Crippen LogP contribution in [0.1, 0.15) is 35.6 Å². The summed E-state index contributed by atoms with van der Waals surface area (Å²) in [6, 6.07) is 11.3. The van der Waals surface area contributed by atoms with E-state index in [9.17, 15) is 4.79 Å². The van der Waals surface area contributed by atoms with Gasteiger partial charge in [0.05, 0.1) is 12.2 Å². The molecule has 1 saturated carbocycles. The second-order valence-corrected chi connectivity index (χ2v) is 8.37. The third-order valence-electron chi connectivity index (χ3n) is 6.49. The Morgan fingerprint density at radius 1 is 1.14 bits per heavy atom. The molecule has 3 N–H and O–H groups in total. The third kappa shape index (κ3) is 3.25. The molecule has 0 radical (unpaired) electrons. The highest BCUT2D eigenvalue weighted by molar-refractivity contribution is 5.75. The molecule has 7 heteroatoms. The van der Waals surface area contributed by atoms with Crippen LogP contribution in [0.25, 0.3) is 0 Å². The maximum Gasteiger partial charge on any atom is 0.317 e. The number of carbonyl (C=O) groups excluding carboxylic acids is 1. The molecule has 1 aromatic heterocycles. The molecule has 0 spiro atoms. The fourth-order valence-corrected chi connectivity index (χ4v) is 5.13. The van der Waals surface area contributed by atoms with Gasteiger partial charge in [-0.25, -0.2) is 10.2 Å². The summed E-state index contributed by atoms with van der Waals surface area (Å²) in [5, 5.41) is 11.2. The van der Waals surface area contributed by atoms with Gasteiger partial charge in [-0.15, -0.1) is 0 Å². The molecule has 7 nitrogen and oxygen atoms in total. The highest BCUT2D eigenvalue weighted by Gasteiger charge is 2.47. The molecule has 2 aromatic rings. The zero-order valence-electron chi connectivity index (χ0n) is 16.0. The lowest BCUT2D eigenvalue weighted by atomic mass is 9.71. The second-order valence-electron chi connectivity index (χ2n) is 8.37. The maximum atomic E-state index is 12.7. The first-order valence-electron chi connectivity index (χ1n) is 10.1. The minimum atomic E-state index is 0.0574. The molecule has 28 heavy (non-hydrogen) atoms. The Kier molecular flexibility index (Phi) is 4.49. The van der Waals surface area contributed by atoms with Crippen LogP contribution < -0.4 is 16.2 Å². The van der Waals surface area contributed by atoms with Gasteiger partial charge < -0.3 is 10.2 Å². The van der Waals surface area contributed by atoms with Crippen molar-refractivity contribution in [1.29, 1.82) is 0 Å². The minimum Gasteiger partial charge on any atom is -0.335 e. The standard InChI is InChI=1S/C21H26N6O/c1-13-3-2-4-14(7-13)11-27-12-16-8-17-19(9-18(16)24-21(27)28)25-26-20(17)15-5-6-22-23-10-15/h2-7,10,16-20,25-26H,8-9,11-12H2,1H3,(H,24,28). The van der Waals surface area contributed by atoms with Gasteiger partial charge in [-0.2, -0.15) is 10.2 Å². The van der Waals surface area contributed by atoms with Crippen LogP contribution in [0.3, 0.4) is 0 Å². The normalized spacial score (nSPS) is 31.8. The van der Waals surface area contributed by atoms with Crippen LogP contribution in [0.2, 0.25) is 0 Å². The van der Waals surface area contributed by atoms with E-state index in [2.05, 4.69) is 57.6 Å². The van der Waals surface area contributed by atoms with Crippen LogP contribution in [0.5, 0.6) is 0 Å². The number of aryl methyl sites for hydroxylation is 1. The zero-order chi connectivity index (χ0) is 19.1. The van der Waals surface area contributed by atoms with Crippen LogP contribution >= 0.6 is 0 Å². The second kappa shape index (κ2) is 7.14. The van der Waals surface area contributed by atoms with Gasteiger partial charge in [0, 0.05) is 31.4 Å². The number of nitrogens with zero attached hydrogens (tertiary/aromatic N) is 3. The molecule has 3 fully saturated rings. The van der Waals surface area contributed by atoms with E-state index in [1.54, 1.807) is 6.20 Å². The molecule has 5 rings (SSSR count). The SMILES string of the molecule is Cc1cccc(CN2CC3CC4C(CC3NC2=O)NNC4c2ccnnc2)c1. The fraction of sp³-hybridized carbons (Fsp3) is 0.476. The molecule has 5 unspecified atom stereocenters. The van der Waals surface area contributed by atoms with Crippen molar-refractivity contribution in [2.45, 2.75) is 44.4 Å². The molecule has 5 atom stereocenters. The number of hydrogen-bond donors (Lipinski definition) is 3. The lowest BCUT2D eigenvalue weighted by molar-refractivity contribution is 0.0961. The van der Waals surface area contributed by atoms with Gasteiger partial charge >= 0.3 is 6.03 Å². The summed E-state index contributed by atoms with van der Waals surface area (Å²) in [5.41, 5.74) is 10.5. The number of benzene rings is 1. The Labute approximate surface area is 164 Å². The molecule has 2 aliphatic heterocycles. The van der Waals surface area contributed by atoms with E-state index >= 15 is 0 Å². The fourth-order valence-electron chi connectivity index (χ4n) is 5.13. The summed E-state index contributed by atoms with van der Waals surface area (Å²) in [6.07, 6.45) is 5.63. The van der Waals surface area contributed by atoms with Crippen molar-refractivity contribution >= 4 is 6.03 Å². The number of carbonyl (C=O) groups is 1. The number of hydrogen-bond acceptors (Lipinski definition) is 5. The zero-order valence-corrected chi connectivity index (χ0v) is 16.0. The van der Waals surface area contributed by atoms with E-state index in [1.165, 1.54) is 16.7 Å². The Morgan fingerprint density at radius 2 is 2.07 bits per heavy atom. The topological polar surface area (TPSA) is 82.2 Å². The van der Waals surface area contributed by atoms with E-state index in [0.717, 1.165) is 19.4 Å². The predicted octanol–water partition coefficient (Wildman–Crippen LogP) is 1.92. The van der Waals surface area contributed by atoms with Gasteiger partial charge in [-0.3, -0.25) is 5.43 Å². The number of nitrogens with one attached hydrogen (secondary N) is 3. The lowest BCUT2D eigenvalue weighted by Crippen LogP contribution is -2.60. The number of rotatable bonds is 3. The van der Waals surface area contributed by atoms with Crippen molar-refractivity contribution in [3.8, 4) is 0 Å². The first-order chi connectivity index (χ1) is 13.7. The van der Waals surface area contributed by atoms with Crippen LogP contribution in [0.4, 0.5) is 4.79 Å². The molecule has 3 aliphatic rings. The van der Waals surface area contributed by atoms with Gasteiger partial charge in [0.15, 0.2) is 0 Å². The van der Waals surface area contributed by atoms with Crippen molar-refractivity contribution in [3.05, 3.63) is 59.4 Å². The lowest BCUT2D eigenvalue weighted by Gasteiger charge is -2.45. The van der Waals surface area contributed by atoms with E-state index in [4.69, 9.17) is 0 Å². The van der Waals surface area contributed by atoms with Crippen molar-refractivity contribution in [2.24, 2.45) is 11.8 Å². The average Bonchev–Trinajstić information content (AvgIpc) is 3.10. The first kappa shape index (κ1) is 17.6. The number of hydrazine groups is 1. The number of urea groups is 1. The molecule has 2 saturated heterocycles. The predicted molar refractivity (Wildman–Crippen MR) is 105 cm³/mol. The molecule has 1 aromatic carbocycles. The van der Waals surface area contributed by atoms with Crippen molar-refractivity contribution < 1.29 is 4.79 Å². The molecular weight excluding hydrogens is 352 g/mol. The average molecular weight is 378 g/mol. The number of fused-ring (bicyclic) bond motifs is 2. The Morgan fingerprint density at radius 3 is 2.89 bits per heavy atom. The van der Waals surface area contributed by atoms with Crippen LogP contribution in [0, 0.1) is 18.8 Å². The summed E-state index contributed by atoms with van der Waals surface area (Å²) >= 11 is 0. The van der Waals surface area contributed by atoms with Gasteiger partial charge in [-0.05, 0) is 48.8 Å². The smallest absolute Gasteiger partial charge is 0.317 e. The molecule has 2 amide bonds. The Balaban J connectivity index is 1.31. The van der Waals surface area contributed by atoms with E-state index < -0.39 is 0 Å². The van der Waals surface area contributed by atoms with Crippen LogP contribution in [-0.4, -0.2) is 39.8 Å². The first-order valence-corrected chi connectivity index (χ1v) is 10.1. The number of aromatic nitrogens is 2. The van der Waals surface area contributed by atoms with Gasteiger partial charge in [0.1, 0.15) is 0 Å². The van der Waals surface area contributed by atoms with Crippen molar-refractivity contribution in [3.63, 3.8) is 0 Å². The van der Waals surface area contributed by atoms with Gasteiger partial charge in [-0.1, -0.05) is 29.8 Å². The largest absolute Gasteiger partial charge is 0.335 e. The molecular formula is C21H26N6O. The maximum absolute atomic E-state index is 12.7. The quantitative estimate of drug-likeness (QED) is 0.760. The molecule has 3 heterocycles. The molecule has 0 bridgehead atoms. The highest BCUT2D eigenvalue weighted by Crippen LogP contribution is 2.41. The Hall–Kier alpha value is -2.51. The summed E-state index contributed by atoms with van der Waals surface area (Å²) in [7, 11) is 0. The van der Waals surface area contributed by atoms with Crippen LogP contribution in [0.15, 0.2) is 42.7 Å².